The lowest BCUT2D eigenvalue weighted by molar-refractivity contribution is -0.198. The Morgan fingerprint density at radius 1 is 1.02 bits per heavy atom. The van der Waals surface area contributed by atoms with Gasteiger partial charge in [-0.25, -0.2) is 9.00 Å². The van der Waals surface area contributed by atoms with Gasteiger partial charge in [-0.1, -0.05) is 48.0 Å². The molecular formula is C30H47F3O8SSi. The van der Waals surface area contributed by atoms with Crippen molar-refractivity contribution < 1.29 is 49.7 Å². The third-order valence-corrected chi connectivity index (χ3v) is 17.0. The molecule has 8 nitrogen and oxygen atoms in total. The number of carbonyl (C=O) groups excluding carboxylic acids is 1. The molecule has 0 aromatic rings. The summed E-state index contributed by atoms with van der Waals surface area (Å²) in [4.78, 5) is 13.2. The van der Waals surface area contributed by atoms with E-state index in [2.05, 4.69) is 27.7 Å². The van der Waals surface area contributed by atoms with Gasteiger partial charge in [0.25, 0.3) is 11.1 Å². The van der Waals surface area contributed by atoms with Crippen LogP contribution >= 0.6 is 0 Å². The zero-order valence-electron chi connectivity index (χ0n) is 26.7. The Kier molecular flexibility index (Phi) is 8.37. The molecule has 43 heavy (non-hydrogen) atoms. The van der Waals surface area contributed by atoms with Crippen molar-refractivity contribution in [3.05, 3.63) is 11.1 Å². The summed E-state index contributed by atoms with van der Waals surface area (Å²) in [6.45, 7) is 18.1. The summed E-state index contributed by atoms with van der Waals surface area (Å²) >= 11 is -3.56. The maximum absolute atomic E-state index is 13.6. The second kappa shape index (κ2) is 10.8. The first-order valence-corrected chi connectivity index (χ1v) is 19.2. The van der Waals surface area contributed by atoms with Gasteiger partial charge in [0.15, 0.2) is 25.8 Å². The van der Waals surface area contributed by atoms with Crippen molar-refractivity contribution in [2.45, 2.75) is 154 Å². The summed E-state index contributed by atoms with van der Waals surface area (Å²) in [7, 11) is -2.18. The fourth-order valence-electron chi connectivity index (χ4n) is 9.08. The highest BCUT2D eigenvalue weighted by molar-refractivity contribution is 7.81. The molecule has 2 saturated carbocycles. The van der Waals surface area contributed by atoms with Crippen LogP contribution in [0.3, 0.4) is 0 Å². The molecule has 2 heterocycles. The zero-order chi connectivity index (χ0) is 32.0. The largest absolute Gasteiger partial charge is 0.509 e. The summed E-state index contributed by atoms with van der Waals surface area (Å²) in [5.41, 5.74) is -6.16. The minimum absolute atomic E-state index is 0.216. The van der Waals surface area contributed by atoms with Crippen molar-refractivity contribution in [1.82, 2.24) is 0 Å². The number of hydrogen-bond donors (Lipinski definition) is 0. The number of rotatable bonds is 7. The molecule has 0 aromatic carbocycles. The normalized spacial score (nSPS) is 40.9. The van der Waals surface area contributed by atoms with E-state index in [0.717, 1.165) is 29.3 Å². The van der Waals surface area contributed by atoms with Gasteiger partial charge < -0.3 is 23.4 Å². The third-order valence-electron chi connectivity index (χ3n) is 11.5. The molecule has 13 heteroatoms. The maximum Gasteiger partial charge on any atom is 0.509 e. The van der Waals surface area contributed by atoms with Gasteiger partial charge in [-0.2, -0.15) is 13.2 Å². The smallest absolute Gasteiger partial charge is 0.426 e. The Bertz CT molecular complexity index is 1180. The van der Waals surface area contributed by atoms with E-state index in [9.17, 15) is 22.2 Å². The highest BCUT2D eigenvalue weighted by Crippen LogP contribution is 2.66. The topological polar surface area (TPSA) is 89.5 Å². The van der Waals surface area contributed by atoms with Gasteiger partial charge in [-0.05, 0) is 62.9 Å². The lowest BCUT2D eigenvalue weighted by Gasteiger charge is -2.61. The van der Waals surface area contributed by atoms with Gasteiger partial charge in [0.05, 0.1) is 18.3 Å². The highest BCUT2D eigenvalue weighted by atomic mass is 32.2. The molecular weight excluding hydrogens is 605 g/mol. The zero-order valence-corrected chi connectivity index (χ0v) is 28.5. The van der Waals surface area contributed by atoms with Crippen molar-refractivity contribution in [2.24, 2.45) is 16.7 Å². The second-order valence-corrected chi connectivity index (χ2v) is 20.1. The van der Waals surface area contributed by atoms with Crippen molar-refractivity contribution >= 4 is 25.6 Å². The number of hydrogen-bond acceptors (Lipinski definition) is 8. The Morgan fingerprint density at radius 2 is 1.65 bits per heavy atom. The number of fused-ring (bicyclic) bond motifs is 6. The summed E-state index contributed by atoms with van der Waals surface area (Å²) < 4.78 is 91.4. The maximum atomic E-state index is 13.6. The van der Waals surface area contributed by atoms with Crippen LogP contribution in [0.5, 0.6) is 0 Å². The summed E-state index contributed by atoms with van der Waals surface area (Å²) in [5, 5.41) is 0. The van der Waals surface area contributed by atoms with E-state index in [1.54, 1.807) is 0 Å². The Hall–Kier alpha value is -0.993. The van der Waals surface area contributed by atoms with Crippen LogP contribution in [-0.4, -0.2) is 66.1 Å². The monoisotopic (exact) mass is 652 g/mol. The average molecular weight is 653 g/mol. The van der Waals surface area contributed by atoms with E-state index in [-0.39, 0.29) is 12.8 Å². The predicted octanol–water partition coefficient (Wildman–Crippen LogP) is 7.31. The van der Waals surface area contributed by atoms with E-state index < -0.39 is 89.7 Å². The molecule has 0 unspecified atom stereocenters. The molecule has 0 aromatic heterocycles. The fourth-order valence-corrected chi connectivity index (χ4v) is 12.5. The van der Waals surface area contributed by atoms with Gasteiger partial charge in [-0.15, -0.1) is 0 Å². The number of carbonyl (C=O) groups is 1. The van der Waals surface area contributed by atoms with Crippen LogP contribution in [0.15, 0.2) is 11.1 Å². The molecule has 5 aliphatic rings. The summed E-state index contributed by atoms with van der Waals surface area (Å²) in [6.07, 6.45) is -3.06. The Morgan fingerprint density at radius 3 is 2.23 bits per heavy atom. The van der Waals surface area contributed by atoms with Gasteiger partial charge in [0.1, 0.15) is 6.10 Å². The molecule has 2 bridgehead atoms. The number of alkyl halides is 3. The van der Waals surface area contributed by atoms with Crippen molar-refractivity contribution in [2.75, 3.05) is 0 Å². The van der Waals surface area contributed by atoms with Crippen LogP contribution in [-0.2, 0) is 38.6 Å². The minimum Gasteiger partial charge on any atom is -0.426 e. The first kappa shape index (κ1) is 33.4. The summed E-state index contributed by atoms with van der Waals surface area (Å²) in [5.74, 6) is -1.82. The van der Waals surface area contributed by atoms with Gasteiger partial charge in [-0.3, -0.25) is 4.18 Å². The molecule has 9 atom stereocenters. The van der Waals surface area contributed by atoms with Gasteiger partial charge in [0.2, 0.25) is 0 Å². The van der Waals surface area contributed by atoms with Crippen molar-refractivity contribution in [1.29, 1.82) is 0 Å². The molecule has 2 aliphatic heterocycles. The standard InChI is InChI=1S/C30H47F3O8SSi/c1-10-43(11-2,12-3)41-19-16-29-23(36-25(34)39-29)21-18(40-42(35)30(31,32)33)14-13-15-28(21,9)24-22(37-27(7,8)38-24)20(17(19)4)26(29,5)6/h18-19,21-24H,10-16H2,1-9H3/t18-,19+,21+,22-,23+,24+,28-,29-,42+/m1/s1. The Balaban J connectivity index is 1.76. The highest BCUT2D eigenvalue weighted by Gasteiger charge is 2.75. The lowest BCUT2D eigenvalue weighted by Crippen LogP contribution is -2.70. The van der Waals surface area contributed by atoms with E-state index in [0.29, 0.717) is 12.8 Å². The predicted molar refractivity (Wildman–Crippen MR) is 156 cm³/mol. The molecule has 2 saturated heterocycles. The first-order chi connectivity index (χ1) is 19.8. The second-order valence-electron chi connectivity index (χ2n) is 14.3. The van der Waals surface area contributed by atoms with Crippen LogP contribution in [0.1, 0.15) is 88.0 Å². The average Bonchev–Trinajstić information content (AvgIpc) is 3.41. The molecule has 0 amide bonds. The minimum atomic E-state index is -5.06. The number of halogens is 3. The first-order valence-electron chi connectivity index (χ1n) is 15.6. The molecule has 0 radical (unpaired) electrons. The van der Waals surface area contributed by atoms with Crippen molar-refractivity contribution in [3.8, 4) is 0 Å². The van der Waals surface area contributed by atoms with E-state index >= 15 is 0 Å². The van der Waals surface area contributed by atoms with Crippen LogP contribution in [0.25, 0.3) is 0 Å². The van der Waals surface area contributed by atoms with Crippen molar-refractivity contribution in [3.63, 3.8) is 0 Å². The SMILES string of the molecule is CC[Si](CC)(CC)O[C@H]1C[C@@]23OC(=O)O[C@H]2[C@@H]2[C@H](O[S@](=O)C(F)(F)F)CCC[C@@]2(C)[C@H]2OC(C)(C)O[C@@H]2C(=C1C)C3(C)C. The lowest BCUT2D eigenvalue weighted by atomic mass is 9.48. The molecule has 1 spiro atoms. The molecule has 4 fully saturated rings. The van der Waals surface area contributed by atoms with Crippen LogP contribution in [0, 0.1) is 16.7 Å². The fraction of sp³-hybridized carbons (Fsp3) is 0.900. The van der Waals surface area contributed by atoms with E-state index in [1.165, 1.54) is 0 Å². The molecule has 5 rings (SSSR count). The third kappa shape index (κ3) is 5.06. The quantitative estimate of drug-likeness (QED) is 0.161. The molecule has 246 valence electrons. The van der Waals surface area contributed by atoms with E-state index in [4.69, 9.17) is 27.6 Å². The number of ether oxygens (including phenoxy) is 4. The van der Waals surface area contributed by atoms with E-state index in [1.807, 2.05) is 34.6 Å². The van der Waals surface area contributed by atoms with Crippen LogP contribution < -0.4 is 0 Å². The Labute approximate surface area is 256 Å². The molecule has 3 aliphatic carbocycles. The van der Waals surface area contributed by atoms with Gasteiger partial charge >= 0.3 is 11.7 Å². The van der Waals surface area contributed by atoms with Crippen LogP contribution in [0.4, 0.5) is 18.0 Å². The van der Waals surface area contributed by atoms with Crippen LogP contribution in [0.2, 0.25) is 18.1 Å². The summed E-state index contributed by atoms with van der Waals surface area (Å²) in [6, 6.07) is 2.73. The van der Waals surface area contributed by atoms with Gasteiger partial charge in [0, 0.05) is 23.2 Å². The molecule has 0 N–H and O–H groups in total.